The zero-order valence-electron chi connectivity index (χ0n) is 48.5. The van der Waals surface area contributed by atoms with Crippen LogP contribution in [-0.2, 0) is 58.9 Å². The van der Waals surface area contributed by atoms with Crippen molar-refractivity contribution in [2.75, 3.05) is 0 Å². The molecule has 1 heterocycles. The van der Waals surface area contributed by atoms with Crippen LogP contribution in [0.1, 0.15) is 326 Å². The predicted molar refractivity (Wildman–Crippen MR) is 312 cm³/mol. The minimum absolute atomic E-state index is 0. The van der Waals surface area contributed by atoms with Crippen LogP contribution < -0.4 is 0 Å². The fraction of sp³-hybridized carbons (Fsp3) is 0.731. The molecule has 0 radical (unpaired) electrons. The van der Waals surface area contributed by atoms with Crippen LogP contribution in [0.4, 0.5) is 0 Å². The van der Waals surface area contributed by atoms with Crippen molar-refractivity contribution in [3.8, 4) is 0 Å². The summed E-state index contributed by atoms with van der Waals surface area (Å²) in [6.07, 6.45) is 48.2. The van der Waals surface area contributed by atoms with Gasteiger partial charge in [-0.2, -0.15) is 12.8 Å². The van der Waals surface area contributed by atoms with E-state index in [4.69, 9.17) is 0 Å². The number of hydrogen-bond acceptors (Lipinski definition) is 0. The summed E-state index contributed by atoms with van der Waals surface area (Å²) in [6.45, 7) is 30.6. The fourth-order valence-electron chi connectivity index (χ4n) is 10.2. The van der Waals surface area contributed by atoms with E-state index in [1.54, 1.807) is 38.1 Å². The Kier molecular flexibility index (Phi) is 44.6. The van der Waals surface area contributed by atoms with Gasteiger partial charge in [-0.25, -0.2) is 4.70 Å². The maximum absolute atomic E-state index is 12.9. The molecule has 0 bridgehead atoms. The van der Waals surface area contributed by atoms with Crippen molar-refractivity contribution >= 4 is 11.4 Å². The van der Waals surface area contributed by atoms with Crippen molar-refractivity contribution in [1.29, 1.82) is 0 Å². The van der Waals surface area contributed by atoms with Gasteiger partial charge < -0.3 is 19.4 Å². The second-order valence-corrected chi connectivity index (χ2v) is 20.9. The molecular formula is C67H116N2Pd. The molecule has 1 aliphatic rings. The number of hydrogen-bond donors (Lipinski definition) is 0. The largest absolute Gasteiger partial charge is 2.00 e. The number of benzene rings is 2. The first kappa shape index (κ1) is 68.2. The first-order valence-corrected chi connectivity index (χ1v) is 30.6. The number of aryl methyl sites for hydroxylation is 4. The van der Waals surface area contributed by atoms with Gasteiger partial charge in [-0.1, -0.05) is 204 Å². The minimum Gasteiger partial charge on any atom is -0.493 e. The predicted octanol–water partition coefficient (Wildman–Crippen LogP) is 22.8. The van der Waals surface area contributed by atoms with Gasteiger partial charge in [0.2, 0.25) is 11.4 Å². The van der Waals surface area contributed by atoms with E-state index in [0.29, 0.717) is 0 Å². The van der Waals surface area contributed by atoms with Crippen LogP contribution in [-0.4, -0.2) is 4.70 Å². The molecule has 2 aromatic carbocycles. The van der Waals surface area contributed by atoms with E-state index in [9.17, 15) is 5.53 Å². The van der Waals surface area contributed by atoms with Crippen molar-refractivity contribution in [3.05, 3.63) is 99.3 Å². The molecule has 2 nitrogen and oxygen atoms in total. The molecule has 0 atom stereocenters. The van der Waals surface area contributed by atoms with Crippen molar-refractivity contribution in [1.82, 2.24) is 0 Å². The second-order valence-electron chi connectivity index (χ2n) is 20.9. The average molecular weight is 1060 g/mol. The van der Waals surface area contributed by atoms with Gasteiger partial charge in [-0.15, -0.1) is 0 Å². The maximum atomic E-state index is 12.9. The van der Waals surface area contributed by atoms with Gasteiger partial charge in [-0.3, -0.25) is 0 Å². The summed E-state index contributed by atoms with van der Waals surface area (Å²) in [5, 5.41) is 0. The third kappa shape index (κ3) is 26.4. The van der Waals surface area contributed by atoms with Gasteiger partial charge in [0.15, 0.2) is 0 Å². The van der Waals surface area contributed by atoms with Gasteiger partial charge in [0.05, 0.1) is 0 Å². The molecule has 0 N–H and O–H groups in total. The quantitative estimate of drug-likeness (QED) is 0.0276. The molecule has 0 aliphatic carbocycles. The number of unbranched alkanes of at least 4 members (excludes halogenated alkanes) is 21. The molecule has 0 unspecified atom stereocenters. The molecular weight excluding hydrogens is 939 g/mol. The Morgan fingerprint density at radius 2 is 0.557 bits per heavy atom. The van der Waals surface area contributed by atoms with Crippen LogP contribution in [0.25, 0.3) is 16.9 Å². The van der Waals surface area contributed by atoms with Crippen LogP contribution in [0.15, 0.2) is 35.4 Å². The number of allylic oxidation sites excluding steroid dienone is 2. The van der Waals surface area contributed by atoms with E-state index < -0.39 is 0 Å². The van der Waals surface area contributed by atoms with Crippen molar-refractivity contribution < 1.29 is 25.1 Å². The van der Waals surface area contributed by atoms with E-state index in [2.05, 4.69) is 107 Å². The van der Waals surface area contributed by atoms with Gasteiger partial charge in [0.1, 0.15) is 0 Å². The molecule has 0 aromatic heterocycles. The fourth-order valence-corrected chi connectivity index (χ4v) is 10.2. The molecule has 0 spiro atoms. The van der Waals surface area contributed by atoms with Crippen molar-refractivity contribution in [2.45, 2.75) is 320 Å². The summed E-state index contributed by atoms with van der Waals surface area (Å²) in [6, 6.07) is 10.1. The summed E-state index contributed by atoms with van der Waals surface area (Å²) in [5.41, 5.74) is 29.8. The van der Waals surface area contributed by atoms with Crippen LogP contribution in [0.3, 0.4) is 0 Å². The number of rotatable bonds is 39. The van der Waals surface area contributed by atoms with Crippen LogP contribution in [0.2, 0.25) is 0 Å². The van der Waals surface area contributed by atoms with E-state index in [0.717, 1.165) is 62.8 Å². The van der Waals surface area contributed by atoms with E-state index in [1.807, 2.05) is 0 Å². The first-order valence-electron chi connectivity index (χ1n) is 30.6. The van der Waals surface area contributed by atoms with Gasteiger partial charge in [0, 0.05) is 22.3 Å². The topological polar surface area (TPSA) is 25.3 Å². The van der Waals surface area contributed by atoms with Crippen molar-refractivity contribution in [3.63, 3.8) is 0 Å². The van der Waals surface area contributed by atoms with Crippen molar-refractivity contribution in [2.24, 2.45) is 0 Å². The Hall–Kier alpha value is -1.82. The molecule has 3 rings (SSSR count). The summed E-state index contributed by atoms with van der Waals surface area (Å²) in [7, 11) is 0. The molecule has 0 saturated heterocycles. The van der Waals surface area contributed by atoms with E-state index in [1.165, 1.54) is 221 Å². The average Bonchev–Trinajstić information content (AvgIpc) is 3.64. The Balaban J connectivity index is 0.00000239. The normalized spacial score (nSPS) is 12.3. The monoisotopic (exact) mass is 1050 g/mol. The summed E-state index contributed by atoms with van der Waals surface area (Å²) in [5.74, 6) is 0. The standard InChI is InChI=1S/C51H82N2.2C8H17.Pd/c1-9-17-25-27-35-49-48(34-26-18-10-2)50(44-36-40(28-19-11-3)46(32-23-15-7)41(37-44)29-20-12-4)53(52)51(49)45-38-42(30-21-13-5)47(33-24-16-8)43(39-45)31-22-14-6;2*1-3-5-7-8-6-4-2;/h36-39H,9-35H2,1-8H3;2*1,3-8H2,2H3;/q;2*-1;+2. The van der Waals surface area contributed by atoms with E-state index in [-0.39, 0.29) is 20.4 Å². The molecule has 70 heavy (non-hydrogen) atoms. The van der Waals surface area contributed by atoms with Crippen LogP contribution in [0.5, 0.6) is 0 Å². The zero-order chi connectivity index (χ0) is 50.9. The van der Waals surface area contributed by atoms with E-state index >= 15 is 0 Å². The molecule has 0 saturated carbocycles. The molecule has 404 valence electrons. The van der Waals surface area contributed by atoms with Gasteiger partial charge in [0.25, 0.3) is 0 Å². The van der Waals surface area contributed by atoms with Crippen LogP contribution >= 0.6 is 0 Å². The maximum Gasteiger partial charge on any atom is 2.00 e. The Bertz CT molecular complexity index is 1580. The molecule has 0 amide bonds. The summed E-state index contributed by atoms with van der Waals surface area (Å²) in [4.78, 5) is 0. The Morgan fingerprint density at radius 3 is 0.843 bits per heavy atom. The smallest absolute Gasteiger partial charge is 0.493 e. The Labute approximate surface area is 452 Å². The summed E-state index contributed by atoms with van der Waals surface area (Å²) >= 11 is 0. The SMILES string of the molecule is CCCCCCC1=C(c2cc(CCCC)c(CCCC)c(CCCC)c2)[N+](=[N-])C(c2cc(CCCC)c(CCCC)c(CCCC)c2)=C1CCCCC.[CH2-]CCCCCCC.[CH2-]CCCCCCC.[Pd+2]. The molecule has 1 aliphatic heterocycles. The molecule has 2 aromatic rings. The third-order valence-electron chi connectivity index (χ3n) is 14.6. The third-order valence-corrected chi connectivity index (χ3v) is 14.6. The van der Waals surface area contributed by atoms with Gasteiger partial charge >= 0.3 is 20.4 Å². The molecule has 3 heteroatoms. The van der Waals surface area contributed by atoms with Gasteiger partial charge in [-0.05, 0) is 160 Å². The second kappa shape index (κ2) is 45.8. The molecule has 0 fully saturated rings. The minimum atomic E-state index is 0. The van der Waals surface area contributed by atoms with Crippen LogP contribution in [0, 0.1) is 13.8 Å². The number of nitrogens with zero attached hydrogens (tertiary/aromatic N) is 2. The zero-order valence-corrected chi connectivity index (χ0v) is 50.1. The first-order chi connectivity index (χ1) is 33.8. The summed E-state index contributed by atoms with van der Waals surface area (Å²) < 4.78 is 1.72. The Morgan fingerprint density at radius 1 is 0.314 bits per heavy atom.